The van der Waals surface area contributed by atoms with Crippen LogP contribution in [0.4, 0.5) is 13.2 Å². The topological polar surface area (TPSA) is 21.3 Å². The van der Waals surface area contributed by atoms with Crippen LogP contribution in [0.1, 0.15) is 33.1 Å². The van der Waals surface area contributed by atoms with Crippen molar-refractivity contribution in [2.75, 3.05) is 19.8 Å². The van der Waals surface area contributed by atoms with E-state index < -0.39 is 11.7 Å². The Kier molecular flexibility index (Phi) is 4.62. The fourth-order valence-corrected chi connectivity index (χ4v) is 1.47. The Morgan fingerprint density at radius 1 is 1.25 bits per heavy atom. The molecule has 0 aromatic heterocycles. The van der Waals surface area contributed by atoms with Gasteiger partial charge >= 0.3 is 6.18 Å². The van der Waals surface area contributed by atoms with Crippen LogP contribution in [-0.4, -0.2) is 31.5 Å². The average molecular weight is 239 g/mol. The van der Waals surface area contributed by atoms with E-state index >= 15 is 0 Å². The Morgan fingerprint density at radius 2 is 1.88 bits per heavy atom. The molecule has 16 heavy (non-hydrogen) atoms. The number of alkyl halides is 3. The van der Waals surface area contributed by atoms with Crippen LogP contribution in [0.25, 0.3) is 0 Å². The van der Waals surface area contributed by atoms with Gasteiger partial charge in [0.15, 0.2) is 0 Å². The van der Waals surface area contributed by atoms with Crippen molar-refractivity contribution >= 4 is 0 Å². The minimum Gasteiger partial charge on any atom is -0.380 e. The number of hydrogen-bond acceptors (Lipinski definition) is 2. The monoisotopic (exact) mass is 239 g/mol. The van der Waals surface area contributed by atoms with Gasteiger partial charge in [-0.2, -0.15) is 13.2 Å². The van der Waals surface area contributed by atoms with Crippen molar-refractivity contribution in [3.63, 3.8) is 0 Å². The molecule has 0 amide bonds. The largest absolute Gasteiger partial charge is 0.406 e. The number of nitrogens with one attached hydrogen (secondary N) is 1. The average Bonchev–Trinajstić information content (AvgIpc) is 2.90. The minimum absolute atomic E-state index is 0.197. The summed E-state index contributed by atoms with van der Waals surface area (Å²) < 4.78 is 42.7. The maximum atomic E-state index is 12.5. The molecule has 1 aliphatic rings. The fourth-order valence-electron chi connectivity index (χ4n) is 1.47. The van der Waals surface area contributed by atoms with Crippen molar-refractivity contribution in [1.82, 2.24) is 5.32 Å². The van der Waals surface area contributed by atoms with E-state index in [0.717, 1.165) is 6.42 Å². The third kappa shape index (κ3) is 3.94. The number of hydrogen-bond donors (Lipinski definition) is 1. The lowest BCUT2D eigenvalue weighted by molar-refractivity contribution is -0.166. The van der Waals surface area contributed by atoms with E-state index in [4.69, 9.17) is 4.74 Å². The summed E-state index contributed by atoms with van der Waals surface area (Å²) in [6, 6.07) is 0. The second-order valence-electron chi connectivity index (χ2n) is 4.80. The van der Waals surface area contributed by atoms with Crippen molar-refractivity contribution in [2.45, 2.75) is 44.8 Å². The highest BCUT2D eigenvalue weighted by atomic mass is 19.4. The van der Waals surface area contributed by atoms with Crippen LogP contribution < -0.4 is 5.32 Å². The maximum absolute atomic E-state index is 12.5. The molecule has 0 radical (unpaired) electrons. The molecule has 1 N–H and O–H groups in total. The summed E-state index contributed by atoms with van der Waals surface area (Å²) in [6.07, 6.45) is -2.78. The molecule has 96 valence electrons. The molecule has 5 heteroatoms. The molecule has 0 heterocycles. The van der Waals surface area contributed by atoms with Gasteiger partial charge in [0.2, 0.25) is 0 Å². The molecule has 1 fully saturated rings. The zero-order valence-corrected chi connectivity index (χ0v) is 9.86. The zero-order chi connectivity index (χ0) is 12.2. The Labute approximate surface area is 94.5 Å². The van der Waals surface area contributed by atoms with Crippen LogP contribution >= 0.6 is 0 Å². The van der Waals surface area contributed by atoms with E-state index in [1.54, 1.807) is 0 Å². The molecule has 0 spiro atoms. The summed E-state index contributed by atoms with van der Waals surface area (Å²) >= 11 is 0. The predicted octanol–water partition coefficient (Wildman–Crippen LogP) is 2.73. The SMILES string of the molecule is CC(C)CCOCCNC1(C(F)(F)F)CC1. The first-order valence-corrected chi connectivity index (χ1v) is 5.77. The summed E-state index contributed by atoms with van der Waals surface area (Å²) in [5.41, 5.74) is -1.60. The van der Waals surface area contributed by atoms with Crippen molar-refractivity contribution in [3.05, 3.63) is 0 Å². The van der Waals surface area contributed by atoms with Crippen molar-refractivity contribution < 1.29 is 17.9 Å². The lowest BCUT2D eigenvalue weighted by Gasteiger charge is -2.20. The van der Waals surface area contributed by atoms with Crippen LogP contribution in [0.2, 0.25) is 0 Å². The highest BCUT2D eigenvalue weighted by molar-refractivity contribution is 5.07. The van der Waals surface area contributed by atoms with E-state index in [1.807, 2.05) is 0 Å². The molecular formula is C11H20F3NO. The van der Waals surface area contributed by atoms with E-state index in [2.05, 4.69) is 19.2 Å². The van der Waals surface area contributed by atoms with Gasteiger partial charge in [-0.25, -0.2) is 0 Å². The highest BCUT2D eigenvalue weighted by Gasteiger charge is 2.62. The van der Waals surface area contributed by atoms with Crippen molar-refractivity contribution in [3.8, 4) is 0 Å². The lowest BCUT2D eigenvalue weighted by Crippen LogP contribution is -2.46. The fraction of sp³-hybridized carbons (Fsp3) is 1.00. The smallest absolute Gasteiger partial charge is 0.380 e. The normalized spacial score (nSPS) is 19.1. The molecule has 1 saturated carbocycles. The Balaban J connectivity index is 2.04. The molecule has 0 bridgehead atoms. The predicted molar refractivity (Wildman–Crippen MR) is 56.3 cm³/mol. The quantitative estimate of drug-likeness (QED) is 0.690. The van der Waals surface area contributed by atoms with E-state index in [1.165, 1.54) is 0 Å². The second-order valence-corrected chi connectivity index (χ2v) is 4.80. The van der Waals surface area contributed by atoms with Crippen LogP contribution in [0, 0.1) is 5.92 Å². The molecule has 0 saturated heterocycles. The molecule has 1 aliphatic carbocycles. The summed E-state index contributed by atoms with van der Waals surface area (Å²) in [6.45, 7) is 5.43. The maximum Gasteiger partial charge on any atom is 0.406 e. The molecule has 2 nitrogen and oxygen atoms in total. The van der Waals surface area contributed by atoms with Crippen molar-refractivity contribution in [2.24, 2.45) is 5.92 Å². The molecule has 1 rings (SSSR count). The van der Waals surface area contributed by atoms with Crippen LogP contribution in [-0.2, 0) is 4.74 Å². The van der Waals surface area contributed by atoms with Crippen LogP contribution in [0.5, 0.6) is 0 Å². The minimum atomic E-state index is -4.12. The second kappa shape index (κ2) is 5.36. The third-order valence-electron chi connectivity index (χ3n) is 2.84. The Morgan fingerprint density at radius 3 is 2.31 bits per heavy atom. The number of rotatable bonds is 7. The Bertz CT molecular complexity index is 212. The van der Waals surface area contributed by atoms with E-state index in [0.29, 0.717) is 19.1 Å². The van der Waals surface area contributed by atoms with Gasteiger partial charge in [0.1, 0.15) is 5.54 Å². The van der Waals surface area contributed by atoms with Gasteiger partial charge in [0.25, 0.3) is 0 Å². The van der Waals surface area contributed by atoms with E-state index in [9.17, 15) is 13.2 Å². The number of ether oxygens (including phenoxy) is 1. The number of halogens is 3. The first kappa shape index (κ1) is 13.8. The molecule has 0 aromatic rings. The van der Waals surface area contributed by atoms with Crippen LogP contribution in [0.3, 0.4) is 0 Å². The standard InChI is InChI=1S/C11H20F3NO/c1-9(2)3-7-16-8-6-15-10(4-5-10)11(12,13)14/h9,15H,3-8H2,1-2H3. The lowest BCUT2D eigenvalue weighted by atomic mass is 10.1. The van der Waals surface area contributed by atoms with Gasteiger partial charge in [-0.1, -0.05) is 13.8 Å². The highest BCUT2D eigenvalue weighted by Crippen LogP contribution is 2.48. The molecule has 0 aromatic carbocycles. The zero-order valence-electron chi connectivity index (χ0n) is 9.86. The van der Waals surface area contributed by atoms with Gasteiger partial charge in [-0.15, -0.1) is 0 Å². The molecular weight excluding hydrogens is 219 g/mol. The van der Waals surface area contributed by atoms with Gasteiger partial charge in [-0.05, 0) is 25.2 Å². The summed E-state index contributed by atoms with van der Waals surface area (Å²) in [7, 11) is 0. The van der Waals surface area contributed by atoms with Crippen LogP contribution in [0.15, 0.2) is 0 Å². The third-order valence-corrected chi connectivity index (χ3v) is 2.84. The summed E-state index contributed by atoms with van der Waals surface area (Å²) in [4.78, 5) is 0. The van der Waals surface area contributed by atoms with E-state index in [-0.39, 0.29) is 19.4 Å². The first-order chi connectivity index (χ1) is 7.37. The van der Waals surface area contributed by atoms with Gasteiger partial charge in [0.05, 0.1) is 6.61 Å². The molecule has 0 aliphatic heterocycles. The van der Waals surface area contributed by atoms with Gasteiger partial charge in [0, 0.05) is 13.2 Å². The summed E-state index contributed by atoms with van der Waals surface area (Å²) in [5.74, 6) is 0.568. The summed E-state index contributed by atoms with van der Waals surface area (Å²) in [5, 5.41) is 2.55. The van der Waals surface area contributed by atoms with Crippen molar-refractivity contribution in [1.29, 1.82) is 0 Å². The van der Waals surface area contributed by atoms with Gasteiger partial charge in [-0.3, -0.25) is 0 Å². The first-order valence-electron chi connectivity index (χ1n) is 5.77. The Hall–Kier alpha value is -0.290. The molecule has 0 unspecified atom stereocenters. The van der Waals surface area contributed by atoms with Gasteiger partial charge < -0.3 is 10.1 Å². The molecule has 0 atom stereocenters.